The third kappa shape index (κ3) is 2.63. The van der Waals surface area contributed by atoms with E-state index in [-0.39, 0.29) is 12.5 Å². The van der Waals surface area contributed by atoms with Gasteiger partial charge in [0, 0.05) is 23.7 Å². The Balaban J connectivity index is 1.67. The number of carbonyl (C=O) groups is 1. The van der Waals surface area contributed by atoms with Gasteiger partial charge < -0.3 is 10.0 Å². The molecule has 1 saturated heterocycles. The highest BCUT2D eigenvalue weighted by Gasteiger charge is 2.29. The summed E-state index contributed by atoms with van der Waals surface area (Å²) < 4.78 is 0. The number of halogens is 1. The zero-order chi connectivity index (χ0) is 14.1. The van der Waals surface area contributed by atoms with E-state index in [0.717, 1.165) is 5.56 Å². The molecule has 0 spiro atoms. The topological polar surface area (TPSA) is 84.1 Å². The van der Waals surface area contributed by atoms with Gasteiger partial charge >= 0.3 is 0 Å². The van der Waals surface area contributed by atoms with Crippen molar-refractivity contribution in [2.45, 2.75) is 12.6 Å². The zero-order valence-electron chi connectivity index (χ0n) is 10.5. The minimum Gasteiger partial charge on any atom is -0.389 e. The summed E-state index contributed by atoms with van der Waals surface area (Å²) in [6, 6.07) is 7.06. The molecular weight excluding hydrogens is 282 g/mol. The van der Waals surface area contributed by atoms with Crippen LogP contribution in [0.5, 0.6) is 0 Å². The summed E-state index contributed by atoms with van der Waals surface area (Å²) in [5.41, 5.74) is 0.785. The van der Waals surface area contributed by atoms with Crippen LogP contribution in [-0.4, -0.2) is 55.3 Å². The number of nitrogens with zero attached hydrogens (tertiary/aromatic N) is 5. The molecule has 0 unspecified atom stereocenters. The number of hydrogen-bond acceptors (Lipinski definition) is 5. The molecule has 1 aliphatic heterocycles. The Kier molecular flexibility index (Phi) is 3.37. The molecule has 0 aliphatic carbocycles. The molecule has 7 nitrogen and oxygen atoms in total. The molecule has 1 amide bonds. The standard InChI is InChI=1S/C12H12ClN5O2/c13-9-3-1-8(2-4-9)12-14-16-18(15-12)7-11(20)17-5-10(19)6-17/h1-4,10,19H,5-7H2. The fourth-order valence-corrected chi connectivity index (χ4v) is 2.03. The van der Waals surface area contributed by atoms with Crippen molar-refractivity contribution in [3.63, 3.8) is 0 Å². The molecule has 8 heteroatoms. The third-order valence-corrected chi connectivity index (χ3v) is 3.30. The summed E-state index contributed by atoms with van der Waals surface area (Å²) >= 11 is 5.81. The van der Waals surface area contributed by atoms with Crippen LogP contribution < -0.4 is 0 Å². The number of aliphatic hydroxyl groups is 1. The van der Waals surface area contributed by atoms with E-state index in [1.807, 2.05) is 0 Å². The van der Waals surface area contributed by atoms with Gasteiger partial charge in [-0.05, 0) is 29.5 Å². The van der Waals surface area contributed by atoms with Gasteiger partial charge in [0.25, 0.3) is 0 Å². The van der Waals surface area contributed by atoms with Crippen LogP contribution in [-0.2, 0) is 11.3 Å². The third-order valence-electron chi connectivity index (χ3n) is 3.05. The van der Waals surface area contributed by atoms with Crippen LogP contribution >= 0.6 is 11.6 Å². The second-order valence-electron chi connectivity index (χ2n) is 4.60. The lowest BCUT2D eigenvalue weighted by atomic mass is 10.2. The highest BCUT2D eigenvalue weighted by Crippen LogP contribution is 2.17. The quantitative estimate of drug-likeness (QED) is 0.874. The first kappa shape index (κ1) is 13.0. The highest BCUT2D eigenvalue weighted by molar-refractivity contribution is 6.30. The molecular formula is C12H12ClN5O2. The van der Waals surface area contributed by atoms with E-state index in [0.29, 0.717) is 23.9 Å². The van der Waals surface area contributed by atoms with Gasteiger partial charge in [-0.15, -0.1) is 10.2 Å². The molecule has 2 aromatic rings. The average molecular weight is 294 g/mol. The van der Waals surface area contributed by atoms with Gasteiger partial charge in [0.05, 0.1) is 6.10 Å². The van der Waals surface area contributed by atoms with Gasteiger partial charge in [-0.1, -0.05) is 11.6 Å². The van der Waals surface area contributed by atoms with Crippen molar-refractivity contribution >= 4 is 17.5 Å². The normalized spacial score (nSPS) is 15.2. The Hall–Kier alpha value is -1.99. The Morgan fingerprint density at radius 2 is 2.05 bits per heavy atom. The van der Waals surface area contributed by atoms with Crippen LogP contribution in [0.25, 0.3) is 11.4 Å². The van der Waals surface area contributed by atoms with Crippen molar-refractivity contribution in [1.82, 2.24) is 25.1 Å². The number of hydrogen-bond donors (Lipinski definition) is 1. The number of likely N-dealkylation sites (tertiary alicyclic amines) is 1. The maximum absolute atomic E-state index is 11.8. The second kappa shape index (κ2) is 5.18. The molecule has 1 fully saturated rings. The van der Waals surface area contributed by atoms with E-state index in [9.17, 15) is 4.79 Å². The molecule has 3 rings (SSSR count). The number of β-amino-alcohol motifs (C(OH)–C–C–N with tert-alkyl or cyclic N) is 1. The SMILES string of the molecule is O=C(Cn1nnc(-c2ccc(Cl)cc2)n1)N1CC(O)C1. The van der Waals surface area contributed by atoms with Crippen molar-refractivity contribution in [2.24, 2.45) is 0 Å². The van der Waals surface area contributed by atoms with E-state index in [1.54, 1.807) is 29.2 Å². The molecule has 104 valence electrons. The predicted molar refractivity (Wildman–Crippen MR) is 70.8 cm³/mol. The molecule has 1 aromatic carbocycles. The number of amides is 1. The van der Waals surface area contributed by atoms with Crippen LogP contribution in [0.1, 0.15) is 0 Å². The summed E-state index contributed by atoms with van der Waals surface area (Å²) in [5.74, 6) is 0.313. The number of carbonyl (C=O) groups excluding carboxylic acids is 1. The lowest BCUT2D eigenvalue weighted by Gasteiger charge is -2.35. The molecule has 1 aliphatic rings. The molecule has 0 radical (unpaired) electrons. The summed E-state index contributed by atoms with van der Waals surface area (Å²) in [7, 11) is 0. The number of tetrazole rings is 1. The summed E-state index contributed by atoms with van der Waals surface area (Å²) in [4.78, 5) is 14.6. The summed E-state index contributed by atoms with van der Waals surface area (Å²) in [6.07, 6.45) is -0.410. The van der Waals surface area contributed by atoms with Crippen molar-refractivity contribution in [3.8, 4) is 11.4 Å². The first-order chi connectivity index (χ1) is 9.61. The molecule has 0 bridgehead atoms. The van der Waals surface area contributed by atoms with Crippen LogP contribution in [0.4, 0.5) is 0 Å². The fraction of sp³-hybridized carbons (Fsp3) is 0.333. The Labute approximate surface area is 119 Å². The van der Waals surface area contributed by atoms with Crippen molar-refractivity contribution in [1.29, 1.82) is 0 Å². The first-order valence-electron chi connectivity index (χ1n) is 6.11. The fourth-order valence-electron chi connectivity index (χ4n) is 1.90. The van der Waals surface area contributed by atoms with Gasteiger partial charge in [-0.25, -0.2) is 0 Å². The molecule has 2 heterocycles. The molecule has 1 N–H and O–H groups in total. The molecule has 1 aromatic heterocycles. The van der Waals surface area contributed by atoms with Crippen LogP contribution in [0.2, 0.25) is 5.02 Å². The number of rotatable bonds is 3. The Bertz CT molecular complexity index is 621. The molecule has 0 atom stereocenters. The van der Waals surface area contributed by atoms with Gasteiger partial charge in [-0.2, -0.15) is 4.80 Å². The number of benzene rings is 1. The van der Waals surface area contributed by atoms with Crippen LogP contribution in [0.15, 0.2) is 24.3 Å². The van der Waals surface area contributed by atoms with E-state index < -0.39 is 6.10 Å². The first-order valence-corrected chi connectivity index (χ1v) is 6.49. The lowest BCUT2D eigenvalue weighted by molar-refractivity contribution is -0.142. The number of aliphatic hydroxyl groups excluding tert-OH is 1. The van der Waals surface area contributed by atoms with Gasteiger partial charge in [-0.3, -0.25) is 4.79 Å². The van der Waals surface area contributed by atoms with Crippen LogP contribution in [0, 0.1) is 0 Å². The lowest BCUT2D eigenvalue weighted by Crippen LogP contribution is -2.54. The smallest absolute Gasteiger partial charge is 0.246 e. The van der Waals surface area contributed by atoms with Crippen molar-refractivity contribution < 1.29 is 9.90 Å². The maximum atomic E-state index is 11.8. The molecule has 0 saturated carbocycles. The Morgan fingerprint density at radius 3 is 2.70 bits per heavy atom. The highest BCUT2D eigenvalue weighted by atomic mass is 35.5. The summed E-state index contributed by atoms with van der Waals surface area (Å²) in [6.45, 7) is 0.766. The van der Waals surface area contributed by atoms with E-state index in [2.05, 4.69) is 15.4 Å². The van der Waals surface area contributed by atoms with Gasteiger partial charge in [0.15, 0.2) is 0 Å². The zero-order valence-corrected chi connectivity index (χ0v) is 11.2. The minimum absolute atomic E-state index is 0.0211. The van der Waals surface area contributed by atoms with Crippen LogP contribution in [0.3, 0.4) is 0 Å². The van der Waals surface area contributed by atoms with Crippen molar-refractivity contribution in [2.75, 3.05) is 13.1 Å². The monoisotopic (exact) mass is 293 g/mol. The van der Waals surface area contributed by atoms with E-state index in [1.165, 1.54) is 4.80 Å². The maximum Gasteiger partial charge on any atom is 0.246 e. The van der Waals surface area contributed by atoms with Gasteiger partial charge in [0.2, 0.25) is 11.7 Å². The van der Waals surface area contributed by atoms with E-state index in [4.69, 9.17) is 16.7 Å². The second-order valence-corrected chi connectivity index (χ2v) is 5.04. The largest absolute Gasteiger partial charge is 0.389 e. The van der Waals surface area contributed by atoms with Gasteiger partial charge in [0.1, 0.15) is 6.54 Å². The van der Waals surface area contributed by atoms with Crippen molar-refractivity contribution in [3.05, 3.63) is 29.3 Å². The predicted octanol–water partition coefficient (Wildman–Crippen LogP) is 0.197. The minimum atomic E-state index is -0.410. The Morgan fingerprint density at radius 1 is 1.35 bits per heavy atom. The molecule has 20 heavy (non-hydrogen) atoms. The average Bonchev–Trinajstić information content (AvgIpc) is 2.84. The summed E-state index contributed by atoms with van der Waals surface area (Å²) in [5, 5.41) is 21.7. The van der Waals surface area contributed by atoms with E-state index >= 15 is 0 Å². The number of aromatic nitrogens is 4.